The summed E-state index contributed by atoms with van der Waals surface area (Å²) in [5.74, 6) is -0.418. The molecule has 0 heterocycles. The number of hydrogen-bond donors (Lipinski definition) is 2. The maximum absolute atomic E-state index is 10.6. The summed E-state index contributed by atoms with van der Waals surface area (Å²) in [6.07, 6.45) is 2.97. The lowest BCUT2D eigenvalue weighted by atomic mass is 10.2. The molecular weight excluding hydrogens is 180 g/mol. The van der Waals surface area contributed by atoms with Gasteiger partial charge < -0.3 is 10.2 Å². The Hall–Kier alpha value is -1.77. The van der Waals surface area contributed by atoms with Gasteiger partial charge in [-0.25, -0.2) is 0 Å². The van der Waals surface area contributed by atoms with Crippen molar-refractivity contribution in [1.82, 2.24) is 0 Å². The SMILES string of the molecule is C.CC(=O)/C=C/c1ccc(O)c(O)c1. The van der Waals surface area contributed by atoms with Gasteiger partial charge in [-0.15, -0.1) is 0 Å². The van der Waals surface area contributed by atoms with Gasteiger partial charge in [0.2, 0.25) is 0 Å². The third-order valence-electron chi connectivity index (χ3n) is 1.51. The Balaban J connectivity index is 0.00000169. The van der Waals surface area contributed by atoms with Crippen molar-refractivity contribution < 1.29 is 15.0 Å². The van der Waals surface area contributed by atoms with Crippen molar-refractivity contribution >= 4 is 11.9 Å². The summed E-state index contributed by atoms with van der Waals surface area (Å²) in [5.41, 5.74) is 0.672. The molecule has 0 spiro atoms. The van der Waals surface area contributed by atoms with Gasteiger partial charge >= 0.3 is 0 Å². The average molecular weight is 194 g/mol. The quantitative estimate of drug-likeness (QED) is 0.561. The Morgan fingerprint density at radius 2 is 1.93 bits per heavy atom. The fraction of sp³-hybridized carbons (Fsp3) is 0.182. The summed E-state index contributed by atoms with van der Waals surface area (Å²) in [6, 6.07) is 4.36. The van der Waals surface area contributed by atoms with Crippen molar-refractivity contribution in [3.8, 4) is 11.5 Å². The van der Waals surface area contributed by atoms with Crippen molar-refractivity contribution in [2.24, 2.45) is 0 Å². The molecule has 0 saturated carbocycles. The molecule has 0 radical (unpaired) electrons. The van der Waals surface area contributed by atoms with E-state index < -0.39 is 0 Å². The third-order valence-corrected chi connectivity index (χ3v) is 1.51. The molecule has 76 valence electrons. The Morgan fingerprint density at radius 1 is 1.29 bits per heavy atom. The van der Waals surface area contributed by atoms with Crippen molar-refractivity contribution in [3.63, 3.8) is 0 Å². The first-order chi connectivity index (χ1) is 6.09. The third kappa shape index (κ3) is 3.31. The van der Waals surface area contributed by atoms with Crippen LogP contribution in [0.15, 0.2) is 24.3 Å². The van der Waals surface area contributed by atoms with E-state index in [2.05, 4.69) is 0 Å². The molecule has 0 saturated heterocycles. The van der Waals surface area contributed by atoms with Crippen LogP contribution in [0, 0.1) is 0 Å². The summed E-state index contributed by atoms with van der Waals surface area (Å²) in [6.45, 7) is 1.44. The minimum absolute atomic E-state index is 0. The molecule has 2 N–H and O–H groups in total. The number of hydrogen-bond acceptors (Lipinski definition) is 3. The Labute approximate surface area is 83.3 Å². The topological polar surface area (TPSA) is 57.5 Å². The normalized spacial score (nSPS) is 9.79. The monoisotopic (exact) mass is 194 g/mol. The van der Waals surface area contributed by atoms with Crippen LogP contribution in [0.3, 0.4) is 0 Å². The number of allylic oxidation sites excluding steroid dienone is 1. The van der Waals surface area contributed by atoms with Crippen molar-refractivity contribution in [3.05, 3.63) is 29.8 Å². The van der Waals surface area contributed by atoms with E-state index >= 15 is 0 Å². The van der Waals surface area contributed by atoms with E-state index in [0.29, 0.717) is 5.56 Å². The molecule has 1 rings (SSSR count). The second-order valence-electron chi connectivity index (χ2n) is 2.69. The number of phenols is 2. The van der Waals surface area contributed by atoms with Crippen LogP contribution in [-0.2, 0) is 4.79 Å². The fourth-order valence-corrected chi connectivity index (χ4v) is 0.858. The molecule has 0 aliphatic rings. The minimum Gasteiger partial charge on any atom is -0.504 e. The zero-order valence-corrected chi connectivity index (χ0v) is 7.19. The molecule has 0 bridgehead atoms. The smallest absolute Gasteiger partial charge is 0.157 e. The number of rotatable bonds is 2. The first-order valence-electron chi connectivity index (χ1n) is 3.80. The van der Waals surface area contributed by atoms with E-state index in [1.807, 2.05) is 0 Å². The van der Waals surface area contributed by atoms with Crippen LogP contribution < -0.4 is 0 Å². The molecule has 0 fully saturated rings. The summed E-state index contributed by atoms with van der Waals surface area (Å²) in [7, 11) is 0. The van der Waals surface area contributed by atoms with Crippen LogP contribution in [0.2, 0.25) is 0 Å². The highest BCUT2D eigenvalue weighted by Crippen LogP contribution is 2.25. The van der Waals surface area contributed by atoms with Gasteiger partial charge in [0.25, 0.3) is 0 Å². The van der Waals surface area contributed by atoms with Crippen LogP contribution in [0.1, 0.15) is 19.9 Å². The predicted molar refractivity (Wildman–Crippen MR) is 56.2 cm³/mol. The van der Waals surface area contributed by atoms with E-state index in [1.54, 1.807) is 12.1 Å². The highest BCUT2D eigenvalue weighted by atomic mass is 16.3. The maximum atomic E-state index is 10.6. The number of ketones is 1. The van der Waals surface area contributed by atoms with Gasteiger partial charge in [0.05, 0.1) is 0 Å². The molecule has 14 heavy (non-hydrogen) atoms. The second-order valence-corrected chi connectivity index (χ2v) is 2.69. The molecule has 0 aliphatic carbocycles. The van der Waals surface area contributed by atoms with Gasteiger partial charge in [-0.05, 0) is 30.7 Å². The molecular formula is C11H14O3. The van der Waals surface area contributed by atoms with E-state index in [1.165, 1.54) is 25.1 Å². The Morgan fingerprint density at radius 3 is 2.43 bits per heavy atom. The first kappa shape index (κ1) is 12.2. The first-order valence-corrected chi connectivity index (χ1v) is 3.80. The van der Waals surface area contributed by atoms with Gasteiger partial charge in [0, 0.05) is 0 Å². The largest absolute Gasteiger partial charge is 0.504 e. The van der Waals surface area contributed by atoms with Gasteiger partial charge in [-0.2, -0.15) is 0 Å². The van der Waals surface area contributed by atoms with Crippen LogP contribution >= 0.6 is 0 Å². The van der Waals surface area contributed by atoms with E-state index in [-0.39, 0.29) is 24.7 Å². The van der Waals surface area contributed by atoms with Gasteiger partial charge in [-0.3, -0.25) is 4.79 Å². The van der Waals surface area contributed by atoms with Crippen LogP contribution in [0.25, 0.3) is 6.08 Å². The summed E-state index contributed by atoms with van der Waals surface area (Å²) in [5, 5.41) is 18.1. The minimum atomic E-state index is -0.189. The van der Waals surface area contributed by atoms with Gasteiger partial charge in [0.1, 0.15) is 0 Å². The molecule has 1 aromatic carbocycles. The molecule has 0 amide bonds. The van der Waals surface area contributed by atoms with Gasteiger partial charge in [0.15, 0.2) is 17.3 Å². The standard InChI is InChI=1S/C10H10O3.CH4/c1-7(11)2-3-8-4-5-9(12)10(13)6-8;/h2-6,12-13H,1H3;1H4/b3-2+;. The predicted octanol–water partition coefficient (Wildman–Crippen LogP) is 2.34. The molecule has 1 aromatic rings. The molecule has 0 atom stereocenters. The van der Waals surface area contributed by atoms with Crippen molar-refractivity contribution in [2.45, 2.75) is 14.4 Å². The number of benzene rings is 1. The van der Waals surface area contributed by atoms with Crippen LogP contribution in [0.5, 0.6) is 11.5 Å². The van der Waals surface area contributed by atoms with E-state index in [4.69, 9.17) is 10.2 Å². The van der Waals surface area contributed by atoms with Gasteiger partial charge in [-0.1, -0.05) is 19.6 Å². The highest BCUT2D eigenvalue weighted by Gasteiger charge is 1.97. The lowest BCUT2D eigenvalue weighted by molar-refractivity contribution is -0.112. The Bertz CT molecular complexity index is 354. The lowest BCUT2D eigenvalue weighted by Gasteiger charge is -1.97. The van der Waals surface area contributed by atoms with Crippen molar-refractivity contribution in [2.75, 3.05) is 0 Å². The van der Waals surface area contributed by atoms with E-state index in [9.17, 15) is 4.79 Å². The summed E-state index contributed by atoms with van der Waals surface area (Å²) >= 11 is 0. The second kappa shape index (κ2) is 5.07. The number of carbonyl (C=O) groups excluding carboxylic acids is 1. The fourth-order valence-electron chi connectivity index (χ4n) is 0.858. The number of phenolic OH excluding ortho intramolecular Hbond substituents is 2. The molecule has 3 heteroatoms. The Kier molecular flexibility index (Phi) is 4.43. The summed E-state index contributed by atoms with van der Waals surface area (Å²) < 4.78 is 0. The maximum Gasteiger partial charge on any atom is 0.157 e. The molecule has 0 aromatic heterocycles. The van der Waals surface area contributed by atoms with Crippen LogP contribution in [-0.4, -0.2) is 16.0 Å². The van der Waals surface area contributed by atoms with E-state index in [0.717, 1.165) is 0 Å². The average Bonchev–Trinajstić information content (AvgIpc) is 2.07. The zero-order chi connectivity index (χ0) is 9.84. The summed E-state index contributed by atoms with van der Waals surface area (Å²) in [4.78, 5) is 10.6. The van der Waals surface area contributed by atoms with Crippen LogP contribution in [0.4, 0.5) is 0 Å². The zero-order valence-electron chi connectivity index (χ0n) is 7.19. The molecule has 0 aliphatic heterocycles. The highest BCUT2D eigenvalue weighted by molar-refractivity contribution is 5.91. The molecule has 0 unspecified atom stereocenters. The van der Waals surface area contributed by atoms with Crippen molar-refractivity contribution in [1.29, 1.82) is 0 Å². The molecule has 3 nitrogen and oxygen atoms in total. The lowest BCUT2D eigenvalue weighted by Crippen LogP contribution is -1.80. The number of aromatic hydroxyl groups is 2. The number of carbonyl (C=O) groups is 1.